The molecule has 3 aromatic rings. The molecular weight excluding hydrogens is 809 g/mol. The molecule has 2 aromatic carbocycles. The largest absolute Gasteiger partial charge is 0.504 e. The summed E-state index contributed by atoms with van der Waals surface area (Å²) in [6, 6.07) is 9.43. The molecule has 11 nitrogen and oxygen atoms in total. The number of ether oxygens (including phenoxy) is 3. The molecule has 1 spiro atoms. The van der Waals surface area contributed by atoms with Gasteiger partial charge in [0.2, 0.25) is 5.75 Å². The molecule has 2 aliphatic heterocycles. The zero-order valence-corrected chi connectivity index (χ0v) is 38.1. The summed E-state index contributed by atoms with van der Waals surface area (Å²) in [7, 11) is 3.58. The summed E-state index contributed by atoms with van der Waals surface area (Å²) >= 11 is 0. The van der Waals surface area contributed by atoms with E-state index in [1.165, 1.54) is 43.9 Å². The van der Waals surface area contributed by atoms with Crippen LogP contribution in [0.1, 0.15) is 167 Å². The highest BCUT2D eigenvalue weighted by atomic mass is 16.5. The quantitative estimate of drug-likeness (QED) is 0.108. The van der Waals surface area contributed by atoms with Crippen LogP contribution in [0.5, 0.6) is 23.0 Å². The average molecular weight is 883 g/mol. The summed E-state index contributed by atoms with van der Waals surface area (Å²) in [4.78, 5) is 3.09. The number of aromatic amines is 1. The number of hydrogen-bond donors (Lipinski definition) is 8. The molecule has 5 aliphatic carbocycles. The molecule has 11 heteroatoms. The first-order chi connectivity index (χ1) is 31.0. The lowest BCUT2D eigenvalue weighted by molar-refractivity contribution is -0.154. The number of fused-ring (bicyclic) bond motifs is 9. The Morgan fingerprint density at radius 3 is 2.44 bits per heavy atom. The van der Waals surface area contributed by atoms with E-state index in [2.05, 4.69) is 35.5 Å². The molecule has 6 fully saturated rings. The van der Waals surface area contributed by atoms with Gasteiger partial charge in [0.25, 0.3) is 0 Å². The van der Waals surface area contributed by atoms with Crippen molar-refractivity contribution in [2.45, 2.75) is 176 Å². The Balaban J connectivity index is 1.01. The number of H-pyrrole nitrogens is 1. The van der Waals surface area contributed by atoms with Crippen LogP contribution >= 0.6 is 0 Å². The second-order valence-corrected chi connectivity index (χ2v) is 21.7. The number of aliphatic hydroxyl groups is 4. The molecule has 1 aromatic heterocycles. The van der Waals surface area contributed by atoms with Gasteiger partial charge in [0, 0.05) is 48.3 Å². The molecule has 350 valence electrons. The van der Waals surface area contributed by atoms with Crippen molar-refractivity contribution in [3.8, 4) is 23.0 Å². The Kier molecular flexibility index (Phi) is 12.6. The van der Waals surface area contributed by atoms with E-state index in [4.69, 9.17) is 14.2 Å². The number of aliphatic hydroxyl groups excluding tert-OH is 3. The highest BCUT2D eigenvalue weighted by molar-refractivity contribution is 5.64. The monoisotopic (exact) mass is 883 g/mol. The van der Waals surface area contributed by atoms with Crippen molar-refractivity contribution in [2.24, 2.45) is 35.0 Å². The van der Waals surface area contributed by atoms with Gasteiger partial charge in [0.1, 0.15) is 5.75 Å². The van der Waals surface area contributed by atoms with Crippen molar-refractivity contribution in [2.75, 3.05) is 20.8 Å². The van der Waals surface area contributed by atoms with Crippen LogP contribution in [0.4, 0.5) is 0 Å². The van der Waals surface area contributed by atoms with Gasteiger partial charge in [-0.15, -0.1) is 0 Å². The van der Waals surface area contributed by atoms with Gasteiger partial charge in [-0.05, 0) is 179 Å². The van der Waals surface area contributed by atoms with E-state index in [-0.39, 0.29) is 46.5 Å². The van der Waals surface area contributed by atoms with Gasteiger partial charge in [-0.3, -0.25) is 0 Å². The fraction of sp³-hybridized carbons (Fsp3) is 0.698. The molecule has 8 N–H and O–H groups in total. The Hall–Kier alpha value is -3.32. The smallest absolute Gasteiger partial charge is 0.201 e. The Bertz CT molecular complexity index is 2100. The highest BCUT2D eigenvalue weighted by Crippen LogP contribution is 2.65. The Morgan fingerprint density at radius 2 is 1.67 bits per heavy atom. The summed E-state index contributed by atoms with van der Waals surface area (Å²) in [6.07, 6.45) is 18.9. The lowest BCUT2D eigenvalue weighted by Crippen LogP contribution is -2.53. The topological polar surface area (TPSA) is 177 Å². The third kappa shape index (κ3) is 8.06. The summed E-state index contributed by atoms with van der Waals surface area (Å²) < 4.78 is 19.8. The molecule has 0 amide bonds. The first kappa shape index (κ1) is 44.5. The van der Waals surface area contributed by atoms with Crippen LogP contribution in [0.3, 0.4) is 0 Å². The van der Waals surface area contributed by atoms with Crippen LogP contribution in [-0.2, 0) is 17.8 Å². The van der Waals surface area contributed by atoms with Crippen LogP contribution in [0.2, 0.25) is 0 Å². The van der Waals surface area contributed by atoms with Crippen LogP contribution in [0, 0.1) is 35.0 Å². The van der Waals surface area contributed by atoms with E-state index >= 15 is 0 Å². The van der Waals surface area contributed by atoms with E-state index in [0.29, 0.717) is 73.6 Å². The fourth-order valence-corrected chi connectivity index (χ4v) is 15.4. The lowest BCUT2D eigenvalue weighted by atomic mass is 9.48. The number of nitrogens with one attached hydrogen (secondary N) is 2. The molecule has 1 saturated heterocycles. The molecule has 64 heavy (non-hydrogen) atoms. The van der Waals surface area contributed by atoms with Gasteiger partial charge < -0.3 is 55.2 Å². The predicted octanol–water partition coefficient (Wildman–Crippen LogP) is 8.42. The van der Waals surface area contributed by atoms with Crippen LogP contribution in [-0.4, -0.2) is 86.3 Å². The van der Waals surface area contributed by atoms with Crippen molar-refractivity contribution < 1.29 is 44.8 Å². The second kappa shape index (κ2) is 18.1. The minimum atomic E-state index is -0.703. The van der Waals surface area contributed by atoms with Crippen LogP contribution in [0.15, 0.2) is 36.7 Å². The molecular formula is C53H74N2O9. The maximum atomic E-state index is 12.8. The van der Waals surface area contributed by atoms with Crippen LogP contribution in [0.25, 0.3) is 0 Å². The SMILES string of the molecule is CNC1CCC2C(C1)CC1(CCCC1)C1C(O)CCC3(O)CCC(CCOc4ccc(C5CCC6C(O)CC(c7c(CO)c(O)c(O)c(OC)c7Cc7cc[nH]c7)OC6C5)cc4C21)C3. The van der Waals surface area contributed by atoms with E-state index in [9.17, 15) is 30.6 Å². The van der Waals surface area contributed by atoms with Crippen LogP contribution < -0.4 is 14.8 Å². The first-order valence-corrected chi connectivity index (χ1v) is 25.1. The Morgan fingerprint density at radius 1 is 0.859 bits per heavy atom. The molecule has 10 rings (SSSR count). The molecule has 7 aliphatic rings. The number of phenols is 2. The second-order valence-electron chi connectivity index (χ2n) is 21.7. The summed E-state index contributed by atoms with van der Waals surface area (Å²) in [5.41, 5.74) is 4.20. The number of rotatable bonds is 7. The van der Waals surface area contributed by atoms with Crippen molar-refractivity contribution in [1.82, 2.24) is 10.3 Å². The minimum Gasteiger partial charge on any atom is -0.504 e. The number of aromatic hydroxyl groups is 2. The standard InChI is InChI=1S/C53H74N2O9/c1-54-35-7-9-36-34(22-35)27-52(15-3-4-16-52)48-41(57)12-18-53(61)17-11-30(26-53)14-20-63-43-10-6-32(23-38(43)47(36)48)33-5-8-37-42(58)25-45(64-44(37)24-33)46-39(21-31-13-19-55-28-31)51(62-2)50(60)49(59)40(46)29-56/h6,10,13,19,23,28,30,33-37,41-42,44-45,47-48,54-61H,3-5,7-9,11-12,14-18,20-22,24-27,29H2,1-2H3. The maximum Gasteiger partial charge on any atom is 0.201 e. The zero-order chi connectivity index (χ0) is 44.3. The van der Waals surface area contributed by atoms with Gasteiger partial charge in [0.15, 0.2) is 11.5 Å². The minimum absolute atomic E-state index is 0.0595. The van der Waals surface area contributed by atoms with Crippen molar-refractivity contribution in [3.63, 3.8) is 0 Å². The number of benzene rings is 2. The molecule has 3 heterocycles. The van der Waals surface area contributed by atoms with E-state index in [1.54, 1.807) is 0 Å². The average Bonchev–Trinajstić information content (AvgIpc) is 4.08. The summed E-state index contributed by atoms with van der Waals surface area (Å²) in [5, 5.41) is 73.1. The number of phenolic OH excluding ortho intramolecular Hbond substituents is 1. The van der Waals surface area contributed by atoms with E-state index in [1.807, 2.05) is 18.5 Å². The Labute approximate surface area is 379 Å². The first-order valence-electron chi connectivity index (χ1n) is 25.1. The molecule has 13 atom stereocenters. The summed E-state index contributed by atoms with van der Waals surface area (Å²) in [6.45, 7) is 0.105. The van der Waals surface area contributed by atoms with Crippen molar-refractivity contribution >= 4 is 0 Å². The van der Waals surface area contributed by atoms with Crippen molar-refractivity contribution in [1.29, 1.82) is 0 Å². The predicted molar refractivity (Wildman–Crippen MR) is 244 cm³/mol. The molecule has 2 bridgehead atoms. The van der Waals surface area contributed by atoms with Gasteiger partial charge in [0.05, 0.1) is 50.3 Å². The van der Waals surface area contributed by atoms with E-state index in [0.717, 1.165) is 75.5 Å². The fourth-order valence-electron chi connectivity index (χ4n) is 15.4. The maximum absolute atomic E-state index is 12.8. The molecule has 5 saturated carbocycles. The summed E-state index contributed by atoms with van der Waals surface area (Å²) in [5.74, 6) is 2.03. The molecule has 13 unspecified atom stereocenters. The molecule has 0 radical (unpaired) electrons. The van der Waals surface area contributed by atoms with Crippen molar-refractivity contribution in [3.05, 3.63) is 70.0 Å². The number of aromatic nitrogens is 1. The third-order valence-corrected chi connectivity index (χ3v) is 18.4. The number of hydrogen-bond acceptors (Lipinski definition) is 10. The normalized spacial score (nSPS) is 37.2. The highest BCUT2D eigenvalue weighted by Gasteiger charge is 2.58. The van der Waals surface area contributed by atoms with Gasteiger partial charge in [-0.25, -0.2) is 0 Å². The van der Waals surface area contributed by atoms with Gasteiger partial charge >= 0.3 is 0 Å². The van der Waals surface area contributed by atoms with Gasteiger partial charge in [-0.2, -0.15) is 0 Å². The zero-order valence-electron chi connectivity index (χ0n) is 38.1. The third-order valence-electron chi connectivity index (χ3n) is 18.4. The number of methoxy groups -OCH3 is 1. The van der Waals surface area contributed by atoms with E-state index < -0.39 is 42.0 Å². The lowest BCUT2D eigenvalue weighted by Gasteiger charge is -2.57. The van der Waals surface area contributed by atoms with Gasteiger partial charge in [-0.1, -0.05) is 25.0 Å².